The van der Waals surface area contributed by atoms with Gasteiger partial charge in [-0.05, 0) is 69.5 Å². The van der Waals surface area contributed by atoms with Crippen molar-refractivity contribution >= 4 is 18.1 Å². The molecule has 0 unspecified atom stereocenters. The molecule has 0 aromatic heterocycles. The minimum atomic E-state index is -0.159. The highest BCUT2D eigenvalue weighted by Gasteiger charge is 2.14. The van der Waals surface area contributed by atoms with Gasteiger partial charge in [0, 0.05) is 18.8 Å². The molecule has 0 bridgehead atoms. The zero-order valence-corrected chi connectivity index (χ0v) is 12.4. The molecule has 1 aromatic rings. The number of nitrogens with one attached hydrogen (secondary N) is 1. The fourth-order valence-electron chi connectivity index (χ4n) is 2.63. The van der Waals surface area contributed by atoms with E-state index in [0.29, 0.717) is 0 Å². The summed E-state index contributed by atoms with van der Waals surface area (Å²) in [6.45, 7) is 6.54. The minimum Gasteiger partial charge on any atom is -0.372 e. The number of piperidine rings is 1. The van der Waals surface area contributed by atoms with Gasteiger partial charge in [-0.25, -0.2) is 4.39 Å². The molecule has 0 aliphatic carbocycles. The van der Waals surface area contributed by atoms with Crippen molar-refractivity contribution in [2.75, 3.05) is 31.1 Å². The summed E-state index contributed by atoms with van der Waals surface area (Å²) in [6.07, 6.45) is 3.83. The van der Waals surface area contributed by atoms with Crippen LogP contribution >= 0.6 is 12.4 Å². The molecule has 0 spiro atoms. The van der Waals surface area contributed by atoms with Gasteiger partial charge in [0.1, 0.15) is 5.82 Å². The standard InChI is InChI=1S/C15H23FN2.ClH/c1-2-18(15-5-3-14(16)4-6-15)12-9-13-7-10-17-11-8-13;/h3-6,13,17H,2,7-12H2,1H3;1H. The second-order valence-electron chi connectivity index (χ2n) is 5.04. The number of rotatable bonds is 5. The highest BCUT2D eigenvalue weighted by atomic mass is 35.5. The molecule has 0 atom stereocenters. The van der Waals surface area contributed by atoms with Gasteiger partial charge in [-0.15, -0.1) is 12.4 Å². The average Bonchev–Trinajstić information content (AvgIpc) is 2.42. The van der Waals surface area contributed by atoms with Crippen LogP contribution < -0.4 is 10.2 Å². The van der Waals surface area contributed by atoms with Gasteiger partial charge in [0.25, 0.3) is 0 Å². The molecule has 4 heteroatoms. The maximum absolute atomic E-state index is 12.9. The molecule has 0 amide bonds. The summed E-state index contributed by atoms with van der Waals surface area (Å²) in [5, 5.41) is 3.40. The van der Waals surface area contributed by atoms with E-state index in [1.54, 1.807) is 12.1 Å². The lowest BCUT2D eigenvalue weighted by atomic mass is 9.94. The SMILES string of the molecule is CCN(CCC1CCNCC1)c1ccc(F)cc1.Cl. The lowest BCUT2D eigenvalue weighted by molar-refractivity contribution is 0.355. The Morgan fingerprint density at radius 3 is 2.42 bits per heavy atom. The van der Waals surface area contributed by atoms with Crippen LogP contribution in [-0.2, 0) is 0 Å². The van der Waals surface area contributed by atoms with E-state index in [2.05, 4.69) is 17.1 Å². The Labute approximate surface area is 121 Å². The van der Waals surface area contributed by atoms with E-state index in [1.165, 1.54) is 19.3 Å². The first-order chi connectivity index (χ1) is 8.79. The van der Waals surface area contributed by atoms with Gasteiger partial charge in [-0.3, -0.25) is 0 Å². The number of benzene rings is 1. The van der Waals surface area contributed by atoms with Crippen LogP contribution in [0.2, 0.25) is 0 Å². The van der Waals surface area contributed by atoms with E-state index in [1.807, 2.05) is 12.1 Å². The molecule has 19 heavy (non-hydrogen) atoms. The van der Waals surface area contributed by atoms with E-state index in [0.717, 1.165) is 37.8 Å². The molecular weight excluding hydrogens is 263 g/mol. The van der Waals surface area contributed by atoms with Crippen molar-refractivity contribution in [2.45, 2.75) is 26.2 Å². The predicted molar refractivity (Wildman–Crippen MR) is 81.7 cm³/mol. The van der Waals surface area contributed by atoms with Gasteiger partial charge in [0.15, 0.2) is 0 Å². The van der Waals surface area contributed by atoms with Crippen LogP contribution in [0, 0.1) is 11.7 Å². The van der Waals surface area contributed by atoms with Crippen LogP contribution in [0.3, 0.4) is 0 Å². The third-order valence-electron chi connectivity index (χ3n) is 3.84. The molecule has 1 saturated heterocycles. The number of anilines is 1. The Bertz CT molecular complexity index is 350. The first-order valence-electron chi connectivity index (χ1n) is 7.01. The third kappa shape index (κ3) is 5.00. The molecule has 1 aliphatic rings. The quantitative estimate of drug-likeness (QED) is 0.892. The van der Waals surface area contributed by atoms with E-state index < -0.39 is 0 Å². The number of halogens is 2. The lowest BCUT2D eigenvalue weighted by Crippen LogP contribution is -2.31. The van der Waals surface area contributed by atoms with E-state index in [9.17, 15) is 4.39 Å². The van der Waals surface area contributed by atoms with Crippen LogP contribution in [0.15, 0.2) is 24.3 Å². The summed E-state index contributed by atoms with van der Waals surface area (Å²) in [4.78, 5) is 2.33. The predicted octanol–water partition coefficient (Wildman–Crippen LogP) is 3.46. The summed E-state index contributed by atoms with van der Waals surface area (Å²) in [6, 6.07) is 6.84. The highest BCUT2D eigenvalue weighted by molar-refractivity contribution is 5.85. The van der Waals surface area contributed by atoms with Crippen molar-refractivity contribution < 1.29 is 4.39 Å². The maximum Gasteiger partial charge on any atom is 0.123 e. The van der Waals surface area contributed by atoms with E-state index in [4.69, 9.17) is 0 Å². The van der Waals surface area contributed by atoms with Gasteiger partial charge < -0.3 is 10.2 Å². The minimum absolute atomic E-state index is 0. The maximum atomic E-state index is 12.9. The fourth-order valence-corrected chi connectivity index (χ4v) is 2.63. The van der Waals surface area contributed by atoms with Crippen molar-refractivity contribution in [3.63, 3.8) is 0 Å². The molecule has 2 rings (SSSR count). The monoisotopic (exact) mass is 286 g/mol. The van der Waals surface area contributed by atoms with Crippen LogP contribution in [0.5, 0.6) is 0 Å². The summed E-state index contributed by atoms with van der Waals surface area (Å²) < 4.78 is 12.9. The fraction of sp³-hybridized carbons (Fsp3) is 0.600. The topological polar surface area (TPSA) is 15.3 Å². The third-order valence-corrected chi connectivity index (χ3v) is 3.84. The van der Waals surface area contributed by atoms with E-state index >= 15 is 0 Å². The normalized spacial score (nSPS) is 15.9. The molecule has 1 heterocycles. The van der Waals surface area contributed by atoms with Gasteiger partial charge in [0.05, 0.1) is 0 Å². The Morgan fingerprint density at radius 2 is 1.84 bits per heavy atom. The second-order valence-corrected chi connectivity index (χ2v) is 5.04. The summed E-state index contributed by atoms with van der Waals surface area (Å²) in [7, 11) is 0. The van der Waals surface area contributed by atoms with Crippen molar-refractivity contribution in [3.05, 3.63) is 30.1 Å². The van der Waals surface area contributed by atoms with Gasteiger partial charge in [0.2, 0.25) is 0 Å². The van der Waals surface area contributed by atoms with Crippen LogP contribution in [0.25, 0.3) is 0 Å². The Hall–Kier alpha value is -0.800. The Balaban J connectivity index is 0.00000180. The first-order valence-corrected chi connectivity index (χ1v) is 7.01. The molecule has 108 valence electrons. The number of nitrogens with zero attached hydrogens (tertiary/aromatic N) is 1. The van der Waals surface area contributed by atoms with Crippen molar-refractivity contribution in [3.8, 4) is 0 Å². The lowest BCUT2D eigenvalue weighted by Gasteiger charge is -2.28. The number of hydrogen-bond acceptors (Lipinski definition) is 2. The van der Waals surface area contributed by atoms with Crippen LogP contribution in [0.4, 0.5) is 10.1 Å². The molecule has 1 fully saturated rings. The van der Waals surface area contributed by atoms with Gasteiger partial charge >= 0.3 is 0 Å². The number of hydrogen-bond donors (Lipinski definition) is 1. The molecule has 1 aromatic carbocycles. The smallest absolute Gasteiger partial charge is 0.123 e. The Kier molecular flexibility index (Phi) is 7.17. The van der Waals surface area contributed by atoms with Crippen LogP contribution in [0.1, 0.15) is 26.2 Å². The molecule has 0 radical (unpaired) electrons. The van der Waals surface area contributed by atoms with E-state index in [-0.39, 0.29) is 18.2 Å². The van der Waals surface area contributed by atoms with Crippen molar-refractivity contribution in [2.24, 2.45) is 5.92 Å². The molecule has 0 saturated carbocycles. The van der Waals surface area contributed by atoms with Crippen molar-refractivity contribution in [1.82, 2.24) is 5.32 Å². The van der Waals surface area contributed by atoms with Crippen molar-refractivity contribution in [1.29, 1.82) is 0 Å². The molecule has 1 N–H and O–H groups in total. The Morgan fingerprint density at radius 1 is 1.21 bits per heavy atom. The zero-order chi connectivity index (χ0) is 12.8. The second kappa shape index (κ2) is 8.39. The summed E-state index contributed by atoms with van der Waals surface area (Å²) in [5.74, 6) is 0.689. The zero-order valence-electron chi connectivity index (χ0n) is 11.6. The van der Waals surface area contributed by atoms with Gasteiger partial charge in [-0.1, -0.05) is 0 Å². The van der Waals surface area contributed by atoms with Gasteiger partial charge in [-0.2, -0.15) is 0 Å². The summed E-state index contributed by atoms with van der Waals surface area (Å²) >= 11 is 0. The molecule has 1 aliphatic heterocycles. The molecule has 2 nitrogen and oxygen atoms in total. The molecular formula is C15H24ClFN2. The highest BCUT2D eigenvalue weighted by Crippen LogP contribution is 2.20. The first kappa shape index (κ1) is 16.3. The summed E-state index contributed by atoms with van der Waals surface area (Å²) in [5.41, 5.74) is 1.13. The van der Waals surface area contributed by atoms with Crippen LogP contribution in [-0.4, -0.2) is 26.2 Å². The average molecular weight is 287 g/mol. The largest absolute Gasteiger partial charge is 0.372 e.